The van der Waals surface area contributed by atoms with Gasteiger partial charge in [-0.05, 0) is 58.6 Å². The lowest BCUT2D eigenvalue weighted by Crippen LogP contribution is -2.45. The minimum absolute atomic E-state index is 0.0191. The van der Waals surface area contributed by atoms with Crippen molar-refractivity contribution < 1.29 is 26.3 Å². The van der Waals surface area contributed by atoms with Crippen LogP contribution in [0.2, 0.25) is 0 Å². The van der Waals surface area contributed by atoms with Crippen molar-refractivity contribution in [2.45, 2.75) is 88.0 Å². The van der Waals surface area contributed by atoms with Crippen LogP contribution in [0.25, 0.3) is 32.2 Å². The summed E-state index contributed by atoms with van der Waals surface area (Å²) in [5.74, 6) is -1.36. The largest absolute Gasteiger partial charge is 0.461 e. The van der Waals surface area contributed by atoms with Crippen molar-refractivity contribution in [1.82, 2.24) is 24.2 Å². The highest BCUT2D eigenvalue weighted by molar-refractivity contribution is 7.90. The van der Waals surface area contributed by atoms with Gasteiger partial charge in [0.2, 0.25) is 10.0 Å². The molecule has 0 amide bonds. The number of hydrogen-bond acceptors (Lipinski definition) is 11. The smallest absolute Gasteiger partial charge is 0.319 e. The Morgan fingerprint density at radius 3 is 2.78 bits per heavy atom. The molecule has 4 aliphatic rings. The number of rotatable bonds is 8. The van der Waals surface area contributed by atoms with Crippen LogP contribution in [0.4, 0.5) is 24.0 Å². The van der Waals surface area contributed by atoms with Crippen LogP contribution in [0, 0.1) is 23.0 Å². The lowest BCUT2D eigenvalue weighted by atomic mass is 9.95. The second-order valence-corrected chi connectivity index (χ2v) is 17.7. The van der Waals surface area contributed by atoms with Crippen molar-refractivity contribution in [2.75, 3.05) is 36.9 Å². The van der Waals surface area contributed by atoms with Crippen LogP contribution in [0.5, 0.6) is 6.01 Å². The molecule has 1 aliphatic carbocycles. The lowest BCUT2D eigenvalue weighted by molar-refractivity contribution is 0.107. The molecule has 1 saturated carbocycles. The van der Waals surface area contributed by atoms with Gasteiger partial charge in [0.05, 0.1) is 26.6 Å². The van der Waals surface area contributed by atoms with Gasteiger partial charge in [-0.2, -0.15) is 15.2 Å². The molecule has 0 bridgehead atoms. The van der Waals surface area contributed by atoms with Gasteiger partial charge in [0.1, 0.15) is 40.7 Å². The van der Waals surface area contributed by atoms with Crippen LogP contribution < -0.4 is 25.7 Å². The van der Waals surface area contributed by atoms with Crippen molar-refractivity contribution >= 4 is 53.3 Å². The van der Waals surface area contributed by atoms with Gasteiger partial charge in [-0.3, -0.25) is 9.69 Å². The number of nitrogens with two attached hydrogens (primary N) is 1. The number of nitrogen functional groups attached to an aromatic ring is 1. The molecule has 3 aliphatic heterocycles. The van der Waals surface area contributed by atoms with Crippen molar-refractivity contribution in [1.29, 1.82) is 5.26 Å². The van der Waals surface area contributed by atoms with Gasteiger partial charge < -0.3 is 19.9 Å². The summed E-state index contributed by atoms with van der Waals surface area (Å²) >= 11 is 0.848. The highest BCUT2D eigenvalue weighted by Gasteiger charge is 2.49. The van der Waals surface area contributed by atoms with Crippen LogP contribution in [-0.4, -0.2) is 83.1 Å². The number of ether oxygens (including phenoxy) is 1. The molecule has 8 rings (SSSR count). The van der Waals surface area contributed by atoms with E-state index in [-0.39, 0.29) is 79.9 Å². The molecule has 3 fully saturated rings. The molecule has 3 N–H and O–H groups in total. The van der Waals surface area contributed by atoms with Gasteiger partial charge in [0.25, 0.3) is 5.56 Å². The zero-order valence-corrected chi connectivity index (χ0v) is 29.7. The van der Waals surface area contributed by atoms with Crippen molar-refractivity contribution in [2.24, 2.45) is 0 Å². The first kappa shape index (κ1) is 34.1. The van der Waals surface area contributed by atoms with E-state index in [0.717, 1.165) is 36.8 Å². The highest BCUT2D eigenvalue weighted by atomic mass is 32.2. The molecule has 2 unspecified atom stereocenters. The molecule has 51 heavy (non-hydrogen) atoms. The summed E-state index contributed by atoms with van der Waals surface area (Å²) in [7, 11) is -3.51. The third kappa shape index (κ3) is 5.44. The number of sulfonamides is 1. The second kappa shape index (κ2) is 12.3. The van der Waals surface area contributed by atoms with Crippen LogP contribution in [-0.2, 0) is 16.6 Å². The Morgan fingerprint density at radius 2 is 2.02 bits per heavy atom. The SMILES string of the molecule is CC(C)S(=O)(=O)NC1CCC(N2CCn3c(=O)c(-c4ccc(F)c5sc(N)c(C#N)c45)c(F)c4nc(OC[C@@]56CCCN5C[C@H](F)C6)nc2c43)C1. The molecule has 6 heterocycles. The summed E-state index contributed by atoms with van der Waals surface area (Å²) < 4.78 is 82.4. The van der Waals surface area contributed by atoms with E-state index in [9.17, 15) is 27.3 Å². The number of alkyl halides is 1. The number of fused-ring (bicyclic) bond motifs is 2. The quantitative estimate of drug-likeness (QED) is 0.265. The highest BCUT2D eigenvalue weighted by Crippen LogP contribution is 2.44. The molecule has 3 aromatic heterocycles. The maximum atomic E-state index is 17.1. The molecule has 0 spiro atoms. The summed E-state index contributed by atoms with van der Waals surface area (Å²) in [6, 6.07) is 3.74. The van der Waals surface area contributed by atoms with Crippen molar-refractivity contribution in [3.05, 3.63) is 39.7 Å². The van der Waals surface area contributed by atoms with E-state index in [0.29, 0.717) is 38.8 Å². The zero-order chi connectivity index (χ0) is 36.0. The topological polar surface area (TPSA) is 159 Å². The molecule has 0 radical (unpaired) electrons. The maximum Gasteiger partial charge on any atom is 0.319 e. The molecular weight excluding hydrogens is 706 g/mol. The molecule has 1 aromatic carbocycles. The van der Waals surface area contributed by atoms with E-state index in [1.165, 1.54) is 10.6 Å². The number of thiophene rings is 1. The number of pyridine rings is 1. The molecular formula is C34H37F3N8O4S2. The fourth-order valence-corrected chi connectivity index (χ4v) is 10.4. The van der Waals surface area contributed by atoms with Crippen molar-refractivity contribution in [3.8, 4) is 23.2 Å². The average molecular weight is 743 g/mol. The van der Waals surface area contributed by atoms with E-state index >= 15 is 4.39 Å². The minimum Gasteiger partial charge on any atom is -0.461 e. The Kier molecular flexibility index (Phi) is 8.24. The zero-order valence-electron chi connectivity index (χ0n) is 28.1. The average Bonchev–Trinajstić information content (AvgIpc) is 3.85. The number of hydrogen-bond donors (Lipinski definition) is 2. The lowest BCUT2D eigenvalue weighted by Gasteiger charge is -2.36. The van der Waals surface area contributed by atoms with E-state index in [4.69, 9.17) is 15.5 Å². The first-order valence-corrected chi connectivity index (χ1v) is 19.5. The van der Waals surface area contributed by atoms with Gasteiger partial charge in [-0.25, -0.2) is 26.3 Å². The number of aromatic nitrogens is 3. The number of nitriles is 1. The molecule has 12 nitrogen and oxygen atoms in total. The van der Waals surface area contributed by atoms with Crippen LogP contribution in [0.3, 0.4) is 0 Å². The fourth-order valence-electron chi connectivity index (χ4n) is 8.53. The summed E-state index contributed by atoms with van der Waals surface area (Å²) in [5, 5.41) is 9.40. The van der Waals surface area contributed by atoms with E-state index < -0.39 is 44.2 Å². The van der Waals surface area contributed by atoms with E-state index in [2.05, 4.69) is 14.6 Å². The first-order valence-electron chi connectivity index (χ1n) is 17.2. The number of benzene rings is 1. The third-order valence-corrected chi connectivity index (χ3v) is 14.0. The normalized spacial score (nSPS) is 25.0. The first-order chi connectivity index (χ1) is 24.3. The molecule has 2 saturated heterocycles. The Balaban J connectivity index is 1.27. The van der Waals surface area contributed by atoms with Gasteiger partial charge in [-0.1, -0.05) is 6.07 Å². The molecule has 17 heteroatoms. The summed E-state index contributed by atoms with van der Waals surface area (Å²) in [6.07, 6.45) is 2.62. The summed E-state index contributed by atoms with van der Waals surface area (Å²) in [6.45, 7) is 4.82. The summed E-state index contributed by atoms with van der Waals surface area (Å²) in [5.41, 5.74) is 4.37. The van der Waals surface area contributed by atoms with Crippen LogP contribution >= 0.6 is 11.3 Å². The van der Waals surface area contributed by atoms with Crippen LogP contribution in [0.15, 0.2) is 16.9 Å². The molecule has 4 atom stereocenters. The van der Waals surface area contributed by atoms with Gasteiger partial charge in [-0.15, -0.1) is 11.3 Å². The fraction of sp³-hybridized carbons (Fsp3) is 0.529. The van der Waals surface area contributed by atoms with Gasteiger partial charge in [0.15, 0.2) is 11.6 Å². The Hall–Kier alpha value is -3.98. The van der Waals surface area contributed by atoms with Gasteiger partial charge >= 0.3 is 6.01 Å². The number of nitrogens with one attached hydrogen (secondary N) is 1. The maximum absolute atomic E-state index is 17.1. The van der Waals surface area contributed by atoms with E-state index in [1.807, 2.05) is 11.0 Å². The van der Waals surface area contributed by atoms with Crippen LogP contribution in [0.1, 0.15) is 57.9 Å². The standard InChI is InChI=1S/C34H37F3N8O4S2/c1-17(2)51(47,48)42-19-4-5-20(12-19)44-10-11-45-28-27(40-33(41-31(28)44)49-16-34-8-3-9-43(34)15-18(35)13-34)26(37)25(32(45)46)21-6-7-23(36)29-24(21)22(14-38)30(39)50-29/h6-7,17-20,42H,3-5,8-13,15-16,39H2,1-2H3/t18-,19?,20?,34+/m1/s1. The Bertz CT molecular complexity index is 2310. The number of halogens is 3. The van der Waals surface area contributed by atoms with Crippen molar-refractivity contribution in [3.63, 3.8) is 0 Å². The number of anilines is 2. The molecule has 270 valence electrons. The minimum atomic E-state index is -3.51. The third-order valence-electron chi connectivity index (χ3n) is 11.1. The Labute approximate surface area is 296 Å². The number of nitrogens with zero attached hydrogens (tertiary/aromatic N) is 6. The Morgan fingerprint density at radius 1 is 1.22 bits per heavy atom. The monoisotopic (exact) mass is 742 g/mol. The predicted octanol–water partition coefficient (Wildman–Crippen LogP) is 4.43. The van der Waals surface area contributed by atoms with E-state index in [1.54, 1.807) is 13.8 Å². The summed E-state index contributed by atoms with van der Waals surface area (Å²) in [4.78, 5) is 27.6. The second-order valence-electron chi connectivity index (χ2n) is 14.4. The predicted molar refractivity (Wildman–Crippen MR) is 188 cm³/mol. The molecule has 4 aromatic rings. The van der Waals surface area contributed by atoms with Gasteiger partial charge in [0, 0.05) is 49.1 Å².